The third-order valence-corrected chi connectivity index (χ3v) is 9.11. The Morgan fingerprint density at radius 3 is 2.16 bits per heavy atom. The minimum Gasteiger partial charge on any atom is -0.493 e. The number of oxime groups is 1. The Labute approximate surface area is 235 Å². The second-order valence-electron chi connectivity index (χ2n) is 6.90. The third kappa shape index (κ3) is 12.3. The second-order valence-corrected chi connectivity index (χ2v) is 12.1. The molecule has 0 bridgehead atoms. The highest BCUT2D eigenvalue weighted by Gasteiger charge is 2.38. The molecule has 0 aliphatic carbocycles. The van der Waals surface area contributed by atoms with Crippen LogP contribution in [0.3, 0.4) is 0 Å². The predicted molar refractivity (Wildman–Crippen MR) is 137 cm³/mol. The van der Waals surface area contributed by atoms with Gasteiger partial charge in [-0.3, -0.25) is 4.79 Å². The van der Waals surface area contributed by atoms with Crippen LogP contribution < -0.4 is 20.9 Å². The lowest BCUT2D eigenvalue weighted by molar-refractivity contribution is -0.192. The van der Waals surface area contributed by atoms with Crippen molar-refractivity contribution in [3.63, 3.8) is 0 Å². The number of nitrogens with one attached hydrogen (secondary N) is 1. The van der Waals surface area contributed by atoms with Crippen LogP contribution in [0.2, 0.25) is 0 Å². The molecule has 1 atom stereocenters. The zero-order chi connectivity index (χ0) is 29.1. The lowest BCUT2D eigenvalue weighted by Crippen LogP contribution is -2.42. The number of nitrogens with zero attached hydrogens (tertiary/aromatic N) is 1. The molecule has 0 spiro atoms. The predicted octanol–water partition coefficient (Wildman–Crippen LogP) is 2.85. The van der Waals surface area contributed by atoms with Gasteiger partial charge >= 0.3 is 18.1 Å². The molecule has 0 saturated heterocycles. The Balaban J connectivity index is 0.000000905. The van der Waals surface area contributed by atoms with Crippen LogP contribution in [0.25, 0.3) is 0 Å². The van der Waals surface area contributed by atoms with E-state index in [1.54, 1.807) is 24.3 Å². The van der Waals surface area contributed by atoms with Crippen molar-refractivity contribution in [1.82, 2.24) is 4.72 Å². The summed E-state index contributed by atoms with van der Waals surface area (Å²) < 4.78 is 65.8. The first-order valence-electron chi connectivity index (χ1n) is 9.95. The number of benzene rings is 1. The van der Waals surface area contributed by atoms with Gasteiger partial charge in [-0.1, -0.05) is 12.1 Å². The molecule has 0 unspecified atom stereocenters. The van der Waals surface area contributed by atoms with E-state index < -0.39 is 34.2 Å². The van der Waals surface area contributed by atoms with Crippen LogP contribution >= 0.6 is 43.2 Å². The summed E-state index contributed by atoms with van der Waals surface area (Å²) in [4.78, 5) is 25.4. The number of thiophene rings is 1. The molecule has 0 amide bonds. The van der Waals surface area contributed by atoms with Crippen molar-refractivity contribution in [2.75, 3.05) is 13.2 Å². The summed E-state index contributed by atoms with van der Waals surface area (Å²) >= 11 is 7.43. The number of ether oxygens (including phenoxy) is 1. The molecule has 212 valence electrons. The topological polar surface area (TPSA) is 204 Å². The number of carboxylic acid groups (broad SMARTS) is 2. The molecule has 7 N–H and O–H groups in total. The first-order chi connectivity index (χ1) is 17.5. The van der Waals surface area contributed by atoms with Gasteiger partial charge in [-0.2, -0.15) is 17.9 Å². The fourth-order valence-corrected chi connectivity index (χ4v) is 6.30. The average molecular weight is 714 g/mol. The van der Waals surface area contributed by atoms with Crippen molar-refractivity contribution in [1.29, 1.82) is 0 Å². The van der Waals surface area contributed by atoms with Gasteiger partial charge in [0.05, 0.1) is 10.4 Å². The Morgan fingerprint density at radius 2 is 1.71 bits per heavy atom. The zero-order valence-corrected chi connectivity index (χ0v) is 23.7. The van der Waals surface area contributed by atoms with E-state index in [4.69, 9.17) is 30.9 Å². The fraction of sp³-hybridized carbons (Fsp3) is 0.316. The molecule has 38 heavy (non-hydrogen) atoms. The molecule has 1 aromatic heterocycles. The molecule has 19 heteroatoms. The summed E-state index contributed by atoms with van der Waals surface area (Å²) in [6, 6.07) is 6.77. The normalized spacial score (nSPS) is 12.0. The maximum absolute atomic E-state index is 12.5. The van der Waals surface area contributed by atoms with Crippen LogP contribution in [0.4, 0.5) is 13.2 Å². The summed E-state index contributed by atoms with van der Waals surface area (Å²) in [7, 11) is -3.99. The smallest absolute Gasteiger partial charge is 0.490 e. The molecule has 0 fully saturated rings. The minimum absolute atomic E-state index is 0.00469. The Bertz CT molecular complexity index is 1200. The highest BCUT2D eigenvalue weighted by Crippen LogP contribution is 2.34. The van der Waals surface area contributed by atoms with Gasteiger partial charge in [0.15, 0.2) is 0 Å². The SMILES string of the molecule is NC(N)=NOCCCOc1ccc(C[C@H](NS(=O)(=O)c2cc(Br)c(Br)s2)C(=O)O)cc1.O=C(O)C(F)(F)F. The number of carbonyl (C=O) groups is 2. The Kier molecular flexibility index (Phi) is 13.3. The lowest BCUT2D eigenvalue weighted by atomic mass is 10.1. The monoisotopic (exact) mass is 712 g/mol. The van der Waals surface area contributed by atoms with Gasteiger partial charge in [0, 0.05) is 10.9 Å². The first-order valence-corrected chi connectivity index (χ1v) is 13.8. The minimum atomic E-state index is -5.08. The summed E-state index contributed by atoms with van der Waals surface area (Å²) in [6.45, 7) is 0.649. The van der Waals surface area contributed by atoms with Crippen molar-refractivity contribution in [3.05, 3.63) is 44.2 Å². The molecule has 12 nitrogen and oxygen atoms in total. The maximum atomic E-state index is 12.5. The van der Waals surface area contributed by atoms with Gasteiger partial charge < -0.3 is 31.3 Å². The van der Waals surface area contributed by atoms with E-state index in [0.717, 1.165) is 11.3 Å². The number of halogens is 5. The van der Waals surface area contributed by atoms with Crippen molar-refractivity contribution in [2.24, 2.45) is 16.6 Å². The van der Waals surface area contributed by atoms with Gasteiger partial charge in [0.25, 0.3) is 10.0 Å². The van der Waals surface area contributed by atoms with E-state index in [-0.39, 0.29) is 23.2 Å². The number of carboxylic acids is 2. The van der Waals surface area contributed by atoms with Crippen LogP contribution in [-0.2, 0) is 30.9 Å². The Morgan fingerprint density at radius 1 is 1.13 bits per heavy atom. The summed E-state index contributed by atoms with van der Waals surface area (Å²) in [5, 5.41) is 20.0. The number of sulfonamides is 1. The van der Waals surface area contributed by atoms with E-state index >= 15 is 0 Å². The number of rotatable bonds is 12. The molecular weight excluding hydrogens is 693 g/mol. The van der Waals surface area contributed by atoms with Gasteiger partial charge in [-0.05, 0) is 67.2 Å². The van der Waals surface area contributed by atoms with Crippen molar-refractivity contribution in [2.45, 2.75) is 29.3 Å². The third-order valence-electron chi connectivity index (χ3n) is 3.91. The molecule has 0 aliphatic rings. The molecule has 2 rings (SSSR count). The van der Waals surface area contributed by atoms with E-state index in [1.807, 2.05) is 0 Å². The quantitative estimate of drug-likeness (QED) is 0.0942. The maximum Gasteiger partial charge on any atom is 0.490 e. The van der Waals surface area contributed by atoms with Crippen molar-refractivity contribution in [3.8, 4) is 5.75 Å². The number of guanidine groups is 1. The van der Waals surface area contributed by atoms with E-state index in [2.05, 4.69) is 41.7 Å². The van der Waals surface area contributed by atoms with Crippen LogP contribution in [0.15, 0.2) is 48.0 Å². The second kappa shape index (κ2) is 15.1. The Hall–Kier alpha value is -2.61. The van der Waals surface area contributed by atoms with Crippen molar-refractivity contribution < 1.29 is 51.0 Å². The highest BCUT2D eigenvalue weighted by atomic mass is 79.9. The van der Waals surface area contributed by atoms with Crippen molar-refractivity contribution >= 4 is 71.1 Å². The van der Waals surface area contributed by atoms with Gasteiger partial charge in [0.2, 0.25) is 5.96 Å². The van der Waals surface area contributed by atoms with Crippen LogP contribution in [0.5, 0.6) is 5.75 Å². The molecule has 2 aromatic rings. The zero-order valence-electron chi connectivity index (χ0n) is 18.9. The molecule has 1 heterocycles. The molecule has 1 aromatic carbocycles. The van der Waals surface area contributed by atoms with Crippen LogP contribution in [-0.4, -0.2) is 62.0 Å². The summed E-state index contributed by atoms with van der Waals surface area (Å²) in [6.07, 6.45) is -4.56. The number of aliphatic carboxylic acids is 2. The number of nitrogens with two attached hydrogens (primary N) is 2. The fourth-order valence-electron chi connectivity index (χ4n) is 2.28. The first kappa shape index (κ1) is 33.4. The molecule has 0 aliphatic heterocycles. The van der Waals surface area contributed by atoms with Gasteiger partial charge in [-0.15, -0.1) is 11.3 Å². The van der Waals surface area contributed by atoms with Crippen LogP contribution in [0.1, 0.15) is 12.0 Å². The van der Waals surface area contributed by atoms with E-state index in [9.17, 15) is 31.5 Å². The van der Waals surface area contributed by atoms with E-state index in [1.165, 1.54) is 6.07 Å². The molecule has 0 saturated carbocycles. The largest absolute Gasteiger partial charge is 0.493 e. The number of hydrogen-bond acceptors (Lipinski definition) is 8. The number of alkyl halides is 3. The standard InChI is InChI=1S/C17H20Br2N4O6S2.C2HF3O2/c18-12-9-14(30-15(12)19)31(26,27)23-13(16(24)25)8-10-2-4-11(5-3-10)28-6-1-7-29-22-17(20)21;3-2(4,5)1(6)7/h2-5,9,13,23H,1,6-8H2,(H,24,25)(H4,20,21,22);(H,6,7)/t13-;/m0./s1. The highest BCUT2D eigenvalue weighted by molar-refractivity contribution is 9.13. The number of hydrogen-bond donors (Lipinski definition) is 5. The van der Waals surface area contributed by atoms with Gasteiger partial charge in [0.1, 0.15) is 22.6 Å². The molecule has 0 radical (unpaired) electrons. The van der Waals surface area contributed by atoms with Gasteiger partial charge in [-0.25, -0.2) is 13.2 Å². The summed E-state index contributed by atoms with van der Waals surface area (Å²) in [5.74, 6) is -3.62. The van der Waals surface area contributed by atoms with Crippen LogP contribution in [0, 0.1) is 0 Å². The molecular formula is C19H21Br2F3N4O8S2. The average Bonchev–Trinajstić information content (AvgIpc) is 3.15. The lowest BCUT2D eigenvalue weighted by Gasteiger charge is -2.14. The van der Waals surface area contributed by atoms with E-state index in [0.29, 0.717) is 32.6 Å². The summed E-state index contributed by atoms with van der Waals surface area (Å²) in [5.41, 5.74) is 10.9.